The molecule has 0 radical (unpaired) electrons. The van der Waals surface area contributed by atoms with Gasteiger partial charge in [-0.15, -0.1) is 0 Å². The number of halogens is 1. The number of amides is 3. The minimum Gasteiger partial charge on any atom is -0.322 e. The Morgan fingerprint density at radius 2 is 1.74 bits per heavy atom. The van der Waals surface area contributed by atoms with E-state index in [0.717, 1.165) is 23.7 Å². The summed E-state index contributed by atoms with van der Waals surface area (Å²) in [6.45, 7) is 2.55. The van der Waals surface area contributed by atoms with E-state index in [9.17, 15) is 24.5 Å². The van der Waals surface area contributed by atoms with Crippen molar-refractivity contribution < 1.29 is 19.3 Å². The molecule has 9 nitrogen and oxygen atoms in total. The average molecular weight is 493 g/mol. The number of carbonyl (C=O) groups is 3. The Kier molecular flexibility index (Phi) is 6.79. The molecule has 0 aromatic heterocycles. The maximum atomic E-state index is 13.0. The van der Waals surface area contributed by atoms with Gasteiger partial charge < -0.3 is 15.5 Å². The Morgan fingerprint density at radius 3 is 2.40 bits per heavy atom. The van der Waals surface area contributed by atoms with E-state index in [-0.39, 0.29) is 33.4 Å². The molecule has 0 bridgehead atoms. The zero-order valence-electron chi connectivity index (χ0n) is 18.7. The van der Waals surface area contributed by atoms with Crippen molar-refractivity contribution in [3.63, 3.8) is 0 Å². The summed E-state index contributed by atoms with van der Waals surface area (Å²) in [5.74, 6) is -0.969. The fourth-order valence-electron chi connectivity index (χ4n) is 3.92. The van der Waals surface area contributed by atoms with Crippen LogP contribution >= 0.6 is 11.6 Å². The molecule has 3 aromatic carbocycles. The van der Waals surface area contributed by atoms with Crippen molar-refractivity contribution >= 4 is 52.1 Å². The highest BCUT2D eigenvalue weighted by Crippen LogP contribution is 2.28. The highest BCUT2D eigenvalue weighted by Gasteiger charge is 2.23. The van der Waals surface area contributed by atoms with Crippen molar-refractivity contribution in [3.05, 3.63) is 92.5 Å². The summed E-state index contributed by atoms with van der Waals surface area (Å²) in [4.78, 5) is 49.9. The number of hydrogen-bond acceptors (Lipinski definition) is 5. The number of nitrogens with one attached hydrogen (secondary N) is 2. The number of hydrogen-bond donors (Lipinski definition) is 2. The van der Waals surface area contributed by atoms with Crippen molar-refractivity contribution in [2.24, 2.45) is 0 Å². The zero-order chi connectivity index (χ0) is 25.1. The van der Waals surface area contributed by atoms with Gasteiger partial charge in [-0.3, -0.25) is 24.5 Å². The molecule has 3 aromatic rings. The Balaban J connectivity index is 1.51. The third kappa shape index (κ3) is 5.15. The molecule has 0 unspecified atom stereocenters. The van der Waals surface area contributed by atoms with Gasteiger partial charge in [-0.1, -0.05) is 23.7 Å². The number of nitrogens with zero attached hydrogens (tertiary/aromatic N) is 2. The SMILES string of the molecule is Cc1cc(NC(=O)c2ccccc2NC(=O)c2ccc([N+](=O)[O-])cc2Cl)ccc1N1CCCC1=O. The minimum absolute atomic E-state index is 0.0372. The smallest absolute Gasteiger partial charge is 0.270 e. The van der Waals surface area contributed by atoms with Crippen molar-refractivity contribution in [2.45, 2.75) is 19.8 Å². The molecule has 4 rings (SSSR count). The standard InChI is InChI=1S/C25H21ClN4O5/c1-15-13-16(8-11-22(15)29-12-4-7-23(29)31)27-25(33)19-5-2-3-6-21(19)28-24(32)18-10-9-17(30(34)35)14-20(18)26/h2-3,5-6,8-11,13-14H,4,7,12H2,1H3,(H,27,33)(H,28,32). The number of nitro benzene ring substituents is 1. The number of para-hydroxylation sites is 1. The number of rotatable bonds is 6. The maximum absolute atomic E-state index is 13.0. The quantitative estimate of drug-likeness (QED) is 0.362. The monoisotopic (exact) mass is 492 g/mol. The van der Waals surface area contributed by atoms with E-state index in [2.05, 4.69) is 10.6 Å². The Bertz CT molecular complexity index is 1360. The lowest BCUT2D eigenvalue weighted by Crippen LogP contribution is -2.24. The summed E-state index contributed by atoms with van der Waals surface area (Å²) in [6, 6.07) is 15.3. The van der Waals surface area contributed by atoms with Crippen LogP contribution in [0.3, 0.4) is 0 Å². The van der Waals surface area contributed by atoms with Gasteiger partial charge in [0.2, 0.25) is 5.91 Å². The second-order valence-electron chi connectivity index (χ2n) is 8.03. The van der Waals surface area contributed by atoms with E-state index in [1.54, 1.807) is 47.4 Å². The summed E-state index contributed by atoms with van der Waals surface area (Å²) in [7, 11) is 0. The number of anilines is 3. The van der Waals surface area contributed by atoms with Crippen LogP contribution in [0.2, 0.25) is 5.02 Å². The van der Waals surface area contributed by atoms with Crippen molar-refractivity contribution in [2.75, 3.05) is 22.1 Å². The van der Waals surface area contributed by atoms with E-state index in [1.807, 2.05) is 6.92 Å². The number of aryl methyl sites for hydroxylation is 1. The van der Waals surface area contributed by atoms with Crippen LogP contribution in [0.15, 0.2) is 60.7 Å². The Hall–Kier alpha value is -4.24. The van der Waals surface area contributed by atoms with Gasteiger partial charge in [0.05, 0.1) is 26.8 Å². The van der Waals surface area contributed by atoms with Crippen molar-refractivity contribution in [1.82, 2.24) is 0 Å². The van der Waals surface area contributed by atoms with Crippen LogP contribution in [0.5, 0.6) is 0 Å². The molecule has 10 heteroatoms. The van der Waals surface area contributed by atoms with Gasteiger partial charge in [-0.2, -0.15) is 0 Å². The molecule has 2 N–H and O–H groups in total. The van der Waals surface area contributed by atoms with Crippen LogP contribution in [0, 0.1) is 17.0 Å². The van der Waals surface area contributed by atoms with Gasteiger partial charge in [0.1, 0.15) is 0 Å². The third-order valence-electron chi connectivity index (χ3n) is 5.65. The molecule has 1 saturated heterocycles. The van der Waals surface area contributed by atoms with Crippen molar-refractivity contribution in [1.29, 1.82) is 0 Å². The van der Waals surface area contributed by atoms with Gasteiger partial charge in [-0.05, 0) is 55.3 Å². The number of nitro groups is 1. The molecular weight excluding hydrogens is 472 g/mol. The molecule has 1 fully saturated rings. The lowest BCUT2D eigenvalue weighted by molar-refractivity contribution is -0.384. The molecule has 3 amide bonds. The van der Waals surface area contributed by atoms with Crippen LogP contribution in [0.1, 0.15) is 39.1 Å². The first-order valence-corrected chi connectivity index (χ1v) is 11.2. The minimum atomic E-state index is -0.611. The van der Waals surface area contributed by atoms with E-state index >= 15 is 0 Å². The zero-order valence-corrected chi connectivity index (χ0v) is 19.5. The summed E-state index contributed by atoms with van der Waals surface area (Å²) < 4.78 is 0. The van der Waals surface area contributed by atoms with Crippen molar-refractivity contribution in [3.8, 4) is 0 Å². The lowest BCUT2D eigenvalue weighted by atomic mass is 10.1. The van der Waals surface area contributed by atoms with E-state index < -0.39 is 16.7 Å². The Morgan fingerprint density at radius 1 is 1.00 bits per heavy atom. The lowest BCUT2D eigenvalue weighted by Gasteiger charge is -2.19. The fourth-order valence-corrected chi connectivity index (χ4v) is 4.18. The van der Waals surface area contributed by atoms with Gasteiger partial charge in [0.15, 0.2) is 0 Å². The first kappa shape index (κ1) is 23.9. The van der Waals surface area contributed by atoms with Gasteiger partial charge in [0.25, 0.3) is 17.5 Å². The van der Waals surface area contributed by atoms with E-state index in [0.29, 0.717) is 18.7 Å². The van der Waals surface area contributed by atoms with Crippen LogP contribution in [-0.4, -0.2) is 29.2 Å². The van der Waals surface area contributed by atoms with Crippen LogP contribution in [-0.2, 0) is 4.79 Å². The molecule has 1 heterocycles. The normalized spacial score (nSPS) is 13.0. The highest BCUT2D eigenvalue weighted by molar-refractivity contribution is 6.34. The fraction of sp³-hybridized carbons (Fsp3) is 0.160. The molecular formula is C25H21ClN4O5. The van der Waals surface area contributed by atoms with Crippen LogP contribution in [0.25, 0.3) is 0 Å². The predicted octanol–water partition coefficient (Wildman–Crippen LogP) is 5.19. The second kappa shape index (κ2) is 9.94. The largest absolute Gasteiger partial charge is 0.322 e. The summed E-state index contributed by atoms with van der Waals surface area (Å²) in [5.41, 5.74) is 2.49. The van der Waals surface area contributed by atoms with Gasteiger partial charge in [-0.25, -0.2) is 0 Å². The van der Waals surface area contributed by atoms with Gasteiger partial charge >= 0.3 is 0 Å². The molecule has 1 aliphatic rings. The molecule has 0 atom stereocenters. The number of benzene rings is 3. The highest BCUT2D eigenvalue weighted by atomic mass is 35.5. The molecule has 35 heavy (non-hydrogen) atoms. The van der Waals surface area contributed by atoms with E-state index in [1.165, 1.54) is 12.1 Å². The number of carbonyl (C=O) groups excluding carboxylic acids is 3. The van der Waals surface area contributed by atoms with Crippen LogP contribution < -0.4 is 15.5 Å². The topological polar surface area (TPSA) is 122 Å². The molecule has 178 valence electrons. The average Bonchev–Trinajstić information content (AvgIpc) is 3.24. The maximum Gasteiger partial charge on any atom is 0.270 e. The molecule has 1 aliphatic heterocycles. The van der Waals surface area contributed by atoms with E-state index in [4.69, 9.17) is 11.6 Å². The molecule has 0 aliphatic carbocycles. The summed E-state index contributed by atoms with van der Waals surface area (Å²) in [5, 5.41) is 16.3. The third-order valence-corrected chi connectivity index (χ3v) is 5.96. The first-order valence-electron chi connectivity index (χ1n) is 10.8. The Labute approximate surface area is 205 Å². The first-order chi connectivity index (χ1) is 16.7. The second-order valence-corrected chi connectivity index (χ2v) is 8.43. The van der Waals surface area contributed by atoms with Gasteiger partial charge in [0, 0.05) is 36.5 Å². The summed E-state index contributed by atoms with van der Waals surface area (Å²) >= 11 is 6.06. The van der Waals surface area contributed by atoms with Crippen LogP contribution in [0.4, 0.5) is 22.7 Å². The predicted molar refractivity (Wildman–Crippen MR) is 133 cm³/mol. The summed E-state index contributed by atoms with van der Waals surface area (Å²) in [6.07, 6.45) is 1.36. The molecule has 0 saturated carbocycles. The number of non-ortho nitro benzene ring substituents is 1. The molecule has 0 spiro atoms.